The lowest BCUT2D eigenvalue weighted by atomic mass is 10.1. The minimum atomic E-state index is -0.284. The van der Waals surface area contributed by atoms with E-state index in [-0.39, 0.29) is 11.8 Å². The van der Waals surface area contributed by atoms with Gasteiger partial charge in [-0.3, -0.25) is 9.59 Å². The summed E-state index contributed by atoms with van der Waals surface area (Å²) in [4.78, 5) is 25.8. The molecule has 0 spiro atoms. The Kier molecular flexibility index (Phi) is 5.07. The van der Waals surface area contributed by atoms with Crippen LogP contribution in [0.5, 0.6) is 0 Å². The summed E-state index contributed by atoms with van der Waals surface area (Å²) in [5.41, 5.74) is 1.90. The fraction of sp³-hybridized carbons (Fsp3) is 0.222. The van der Waals surface area contributed by atoms with Gasteiger partial charge in [-0.05, 0) is 36.2 Å². The Hall–Kier alpha value is -2.04. The van der Waals surface area contributed by atoms with E-state index in [0.29, 0.717) is 34.3 Å². The van der Waals surface area contributed by atoms with Crippen molar-refractivity contribution in [3.05, 3.63) is 63.6 Å². The predicted octanol–water partition coefficient (Wildman–Crippen LogP) is 4.37. The lowest BCUT2D eigenvalue weighted by molar-refractivity contribution is -0.128. The van der Waals surface area contributed by atoms with Crippen LogP contribution in [0.4, 0.5) is 5.69 Å². The Balaban J connectivity index is 1.69. The number of rotatable bonds is 4. The molecule has 2 aromatic carbocycles. The zero-order valence-corrected chi connectivity index (χ0v) is 14.4. The number of likely N-dealkylation sites (tertiary alicyclic amines) is 1. The number of carbonyl (C=O) groups excluding carboxylic acids is 2. The molecule has 0 unspecified atom stereocenters. The van der Waals surface area contributed by atoms with Crippen LogP contribution in [0.15, 0.2) is 42.5 Å². The van der Waals surface area contributed by atoms with E-state index in [1.165, 1.54) is 0 Å². The molecule has 1 aliphatic rings. The zero-order valence-electron chi connectivity index (χ0n) is 12.9. The Morgan fingerprint density at radius 2 is 1.75 bits per heavy atom. The molecular weight excluding hydrogens is 347 g/mol. The average Bonchev–Trinajstić information content (AvgIpc) is 2.97. The van der Waals surface area contributed by atoms with Gasteiger partial charge in [0.25, 0.3) is 5.91 Å². The number of nitrogens with one attached hydrogen (secondary N) is 1. The summed E-state index contributed by atoms with van der Waals surface area (Å²) in [6, 6.07) is 12.2. The summed E-state index contributed by atoms with van der Waals surface area (Å²) >= 11 is 12.1. The number of para-hydroxylation sites is 1. The lowest BCUT2D eigenvalue weighted by Gasteiger charge is -2.15. The van der Waals surface area contributed by atoms with Gasteiger partial charge in [-0.25, -0.2) is 0 Å². The number of carbonyl (C=O) groups is 2. The third kappa shape index (κ3) is 3.71. The van der Waals surface area contributed by atoms with E-state index in [9.17, 15) is 9.59 Å². The molecule has 4 nitrogen and oxygen atoms in total. The molecule has 0 saturated carbocycles. The molecule has 0 aromatic heterocycles. The molecule has 1 aliphatic heterocycles. The third-order valence-corrected chi connectivity index (χ3v) is 4.59. The SMILES string of the molecule is O=C(Nc1c(Cl)cccc1Cl)c1ccc(CN2CCCC2=O)cc1. The molecule has 124 valence electrons. The van der Waals surface area contributed by atoms with Gasteiger partial charge in [0.15, 0.2) is 0 Å². The van der Waals surface area contributed by atoms with Crippen LogP contribution in [0.2, 0.25) is 10.0 Å². The van der Waals surface area contributed by atoms with Crippen molar-refractivity contribution in [1.29, 1.82) is 0 Å². The van der Waals surface area contributed by atoms with Crippen LogP contribution in [0.1, 0.15) is 28.8 Å². The van der Waals surface area contributed by atoms with Crippen molar-refractivity contribution in [1.82, 2.24) is 4.90 Å². The van der Waals surface area contributed by atoms with Crippen molar-refractivity contribution >= 4 is 40.7 Å². The number of hydrogen-bond donors (Lipinski definition) is 1. The van der Waals surface area contributed by atoms with E-state index in [1.54, 1.807) is 30.3 Å². The number of nitrogens with zero attached hydrogens (tertiary/aromatic N) is 1. The molecule has 2 aromatic rings. The first-order valence-electron chi connectivity index (χ1n) is 7.66. The van der Waals surface area contributed by atoms with E-state index in [2.05, 4.69) is 5.32 Å². The van der Waals surface area contributed by atoms with Crippen molar-refractivity contribution in [3.63, 3.8) is 0 Å². The van der Waals surface area contributed by atoms with Gasteiger partial charge in [-0.2, -0.15) is 0 Å². The molecule has 3 rings (SSSR count). The quantitative estimate of drug-likeness (QED) is 0.877. The minimum Gasteiger partial charge on any atom is -0.338 e. The maximum absolute atomic E-state index is 12.3. The van der Waals surface area contributed by atoms with Gasteiger partial charge in [0, 0.05) is 25.1 Å². The maximum atomic E-state index is 12.3. The Labute approximate surface area is 150 Å². The number of anilines is 1. The van der Waals surface area contributed by atoms with E-state index in [0.717, 1.165) is 18.5 Å². The summed E-state index contributed by atoms with van der Waals surface area (Å²) in [7, 11) is 0. The molecule has 0 radical (unpaired) electrons. The Bertz CT molecular complexity index is 755. The second kappa shape index (κ2) is 7.24. The minimum absolute atomic E-state index is 0.185. The van der Waals surface area contributed by atoms with Crippen LogP contribution in [-0.4, -0.2) is 23.3 Å². The van der Waals surface area contributed by atoms with Crippen molar-refractivity contribution in [3.8, 4) is 0 Å². The molecule has 2 amide bonds. The highest BCUT2D eigenvalue weighted by molar-refractivity contribution is 6.40. The van der Waals surface area contributed by atoms with Crippen molar-refractivity contribution in [2.75, 3.05) is 11.9 Å². The maximum Gasteiger partial charge on any atom is 0.255 e. The number of hydrogen-bond acceptors (Lipinski definition) is 2. The molecule has 0 atom stereocenters. The number of benzene rings is 2. The Morgan fingerprint density at radius 3 is 2.33 bits per heavy atom. The molecule has 6 heteroatoms. The highest BCUT2D eigenvalue weighted by atomic mass is 35.5. The van der Waals surface area contributed by atoms with Crippen LogP contribution in [0, 0.1) is 0 Å². The standard InChI is InChI=1S/C18H16Cl2N2O2/c19-14-3-1-4-15(20)17(14)21-18(24)13-8-6-12(7-9-13)11-22-10-2-5-16(22)23/h1,3-4,6-9H,2,5,10-11H2,(H,21,24). The Morgan fingerprint density at radius 1 is 1.08 bits per heavy atom. The third-order valence-electron chi connectivity index (χ3n) is 3.96. The topological polar surface area (TPSA) is 49.4 Å². The first-order valence-corrected chi connectivity index (χ1v) is 8.42. The molecular formula is C18H16Cl2N2O2. The van der Waals surface area contributed by atoms with Gasteiger partial charge in [-0.15, -0.1) is 0 Å². The van der Waals surface area contributed by atoms with Gasteiger partial charge in [-0.1, -0.05) is 41.4 Å². The van der Waals surface area contributed by atoms with Gasteiger partial charge < -0.3 is 10.2 Å². The summed E-state index contributed by atoms with van der Waals surface area (Å²) in [5, 5.41) is 3.50. The second-order valence-corrected chi connectivity index (χ2v) is 6.48. The first-order chi connectivity index (χ1) is 11.5. The number of amides is 2. The highest BCUT2D eigenvalue weighted by Gasteiger charge is 2.20. The summed E-state index contributed by atoms with van der Waals surface area (Å²) < 4.78 is 0. The average molecular weight is 363 g/mol. The first kappa shape index (κ1) is 16.8. The molecule has 1 saturated heterocycles. The molecule has 1 N–H and O–H groups in total. The summed E-state index contributed by atoms with van der Waals surface area (Å²) in [6.07, 6.45) is 1.54. The summed E-state index contributed by atoms with van der Waals surface area (Å²) in [5.74, 6) is -0.0982. The van der Waals surface area contributed by atoms with E-state index < -0.39 is 0 Å². The molecule has 0 aliphatic carbocycles. The van der Waals surface area contributed by atoms with E-state index in [4.69, 9.17) is 23.2 Å². The molecule has 1 heterocycles. The van der Waals surface area contributed by atoms with E-state index >= 15 is 0 Å². The van der Waals surface area contributed by atoms with Gasteiger partial charge >= 0.3 is 0 Å². The molecule has 24 heavy (non-hydrogen) atoms. The fourth-order valence-electron chi connectivity index (χ4n) is 2.66. The monoisotopic (exact) mass is 362 g/mol. The lowest BCUT2D eigenvalue weighted by Crippen LogP contribution is -2.23. The second-order valence-electron chi connectivity index (χ2n) is 5.67. The summed E-state index contributed by atoms with van der Waals surface area (Å²) in [6.45, 7) is 1.38. The smallest absolute Gasteiger partial charge is 0.255 e. The van der Waals surface area contributed by atoms with Gasteiger partial charge in [0.2, 0.25) is 5.91 Å². The fourth-order valence-corrected chi connectivity index (χ4v) is 3.15. The van der Waals surface area contributed by atoms with Gasteiger partial charge in [0.05, 0.1) is 15.7 Å². The van der Waals surface area contributed by atoms with Crippen molar-refractivity contribution < 1.29 is 9.59 Å². The number of halogens is 2. The zero-order chi connectivity index (χ0) is 17.1. The largest absolute Gasteiger partial charge is 0.338 e. The predicted molar refractivity (Wildman–Crippen MR) is 95.5 cm³/mol. The van der Waals surface area contributed by atoms with E-state index in [1.807, 2.05) is 17.0 Å². The van der Waals surface area contributed by atoms with Crippen molar-refractivity contribution in [2.24, 2.45) is 0 Å². The van der Waals surface area contributed by atoms with Crippen LogP contribution < -0.4 is 5.32 Å². The van der Waals surface area contributed by atoms with Crippen LogP contribution in [0.3, 0.4) is 0 Å². The molecule has 1 fully saturated rings. The highest BCUT2D eigenvalue weighted by Crippen LogP contribution is 2.30. The van der Waals surface area contributed by atoms with Crippen LogP contribution in [0.25, 0.3) is 0 Å². The van der Waals surface area contributed by atoms with Gasteiger partial charge in [0.1, 0.15) is 0 Å². The normalized spacial score (nSPS) is 14.1. The molecule has 0 bridgehead atoms. The van der Waals surface area contributed by atoms with Crippen LogP contribution in [-0.2, 0) is 11.3 Å². The van der Waals surface area contributed by atoms with Crippen LogP contribution >= 0.6 is 23.2 Å². The van der Waals surface area contributed by atoms with Crippen molar-refractivity contribution in [2.45, 2.75) is 19.4 Å².